The molecule has 0 spiro atoms. The molecule has 0 unspecified atom stereocenters. The molecule has 1 fully saturated rings. The molecule has 1 aromatic rings. The number of carboxylic acids is 1. The molecule has 1 saturated heterocycles. The van der Waals surface area contributed by atoms with Gasteiger partial charge in [0, 0.05) is 44.8 Å². The summed E-state index contributed by atoms with van der Waals surface area (Å²) in [5, 5.41) is 8.96. The van der Waals surface area contributed by atoms with E-state index in [1.54, 1.807) is 9.80 Å². The topological polar surface area (TPSA) is 87.2 Å². The molecule has 2 aliphatic rings. The van der Waals surface area contributed by atoms with Gasteiger partial charge in [-0.05, 0) is 30.9 Å². The molecule has 7 nitrogen and oxygen atoms in total. The third-order valence-corrected chi connectivity index (χ3v) is 5.14. The zero-order valence-corrected chi connectivity index (χ0v) is 15.4. The van der Waals surface area contributed by atoms with Crippen LogP contribution in [0.2, 0.25) is 0 Å². The fourth-order valence-corrected chi connectivity index (χ4v) is 3.69. The molecule has 3 rings (SSSR count). The average Bonchev–Trinajstić information content (AvgIpc) is 3.17. The summed E-state index contributed by atoms with van der Waals surface area (Å²) in [6, 6.07) is 7.76. The van der Waals surface area contributed by atoms with Gasteiger partial charge in [0.1, 0.15) is 0 Å². The maximum atomic E-state index is 12.7. The van der Waals surface area contributed by atoms with E-state index in [2.05, 4.69) is 0 Å². The molecule has 0 bridgehead atoms. The normalized spacial score (nSPS) is 19.0. The number of anilines is 1. The SMILES string of the molecule is O=C(O)CCN(C[C@@H]1CCCO1)C(=O)CCN1C(=O)CCc2ccccc21. The maximum Gasteiger partial charge on any atom is 0.305 e. The molecule has 2 heterocycles. The first-order chi connectivity index (χ1) is 13.0. The molecule has 27 heavy (non-hydrogen) atoms. The van der Waals surface area contributed by atoms with Crippen LogP contribution >= 0.6 is 0 Å². The Morgan fingerprint density at radius 3 is 2.78 bits per heavy atom. The van der Waals surface area contributed by atoms with E-state index in [1.807, 2.05) is 24.3 Å². The van der Waals surface area contributed by atoms with Gasteiger partial charge in [0.15, 0.2) is 0 Å². The molecular weight excluding hydrogens is 348 g/mol. The number of carboxylic acid groups (broad SMARTS) is 1. The number of hydrogen-bond acceptors (Lipinski definition) is 4. The number of nitrogens with zero attached hydrogens (tertiary/aromatic N) is 2. The molecule has 1 atom stereocenters. The summed E-state index contributed by atoms with van der Waals surface area (Å²) in [4.78, 5) is 39.3. The smallest absolute Gasteiger partial charge is 0.305 e. The Labute approximate surface area is 158 Å². The van der Waals surface area contributed by atoms with Crippen LogP contribution in [0.15, 0.2) is 24.3 Å². The van der Waals surface area contributed by atoms with Gasteiger partial charge < -0.3 is 19.6 Å². The largest absolute Gasteiger partial charge is 0.481 e. The standard InChI is InChI=1S/C20H26N2O5/c23-18(21(11-10-20(25)26)14-16-5-3-13-27-16)9-12-22-17-6-2-1-4-15(17)7-8-19(22)24/h1-2,4,6,16H,3,5,7-14H2,(H,25,26)/t16-/m0/s1. The van der Waals surface area contributed by atoms with Gasteiger partial charge in [-0.25, -0.2) is 0 Å². The molecule has 0 aromatic heterocycles. The zero-order valence-electron chi connectivity index (χ0n) is 15.4. The van der Waals surface area contributed by atoms with Crippen molar-refractivity contribution in [2.45, 2.75) is 44.6 Å². The number of rotatable bonds is 8. The van der Waals surface area contributed by atoms with Crippen LogP contribution < -0.4 is 4.90 Å². The van der Waals surface area contributed by atoms with Crippen molar-refractivity contribution >= 4 is 23.5 Å². The lowest BCUT2D eigenvalue weighted by molar-refractivity contribution is -0.139. The van der Waals surface area contributed by atoms with Crippen molar-refractivity contribution in [3.05, 3.63) is 29.8 Å². The zero-order chi connectivity index (χ0) is 19.2. The highest BCUT2D eigenvalue weighted by atomic mass is 16.5. The van der Waals surface area contributed by atoms with Crippen molar-refractivity contribution < 1.29 is 24.2 Å². The van der Waals surface area contributed by atoms with E-state index in [0.29, 0.717) is 26.1 Å². The van der Waals surface area contributed by atoms with Crippen LogP contribution in [0.5, 0.6) is 0 Å². The fraction of sp³-hybridized carbons (Fsp3) is 0.550. The lowest BCUT2D eigenvalue weighted by Crippen LogP contribution is -2.42. The minimum atomic E-state index is -0.930. The summed E-state index contributed by atoms with van der Waals surface area (Å²) in [6.45, 7) is 1.57. The van der Waals surface area contributed by atoms with E-state index in [9.17, 15) is 14.4 Å². The van der Waals surface area contributed by atoms with Crippen LogP contribution in [0.25, 0.3) is 0 Å². The van der Waals surface area contributed by atoms with Gasteiger partial charge in [-0.2, -0.15) is 0 Å². The van der Waals surface area contributed by atoms with Crippen LogP contribution in [-0.4, -0.2) is 60.1 Å². The summed E-state index contributed by atoms with van der Waals surface area (Å²) in [5.41, 5.74) is 1.99. The van der Waals surface area contributed by atoms with Crippen molar-refractivity contribution in [2.24, 2.45) is 0 Å². The van der Waals surface area contributed by atoms with E-state index >= 15 is 0 Å². The second kappa shape index (κ2) is 8.99. The van der Waals surface area contributed by atoms with Crippen LogP contribution in [0.4, 0.5) is 5.69 Å². The number of benzene rings is 1. The summed E-state index contributed by atoms with van der Waals surface area (Å²) in [5.74, 6) is -1.04. The highest BCUT2D eigenvalue weighted by molar-refractivity contribution is 5.97. The number of carbonyl (C=O) groups is 3. The quantitative estimate of drug-likeness (QED) is 0.750. The number of aryl methyl sites for hydroxylation is 1. The first kappa shape index (κ1) is 19.4. The Kier molecular flexibility index (Phi) is 6.45. The van der Waals surface area contributed by atoms with E-state index in [4.69, 9.17) is 9.84 Å². The fourth-order valence-electron chi connectivity index (χ4n) is 3.69. The average molecular weight is 374 g/mol. The third-order valence-electron chi connectivity index (χ3n) is 5.14. The van der Waals surface area contributed by atoms with Gasteiger partial charge in [-0.15, -0.1) is 0 Å². The van der Waals surface area contributed by atoms with Crippen molar-refractivity contribution in [3.63, 3.8) is 0 Å². The second-order valence-electron chi connectivity index (χ2n) is 7.04. The Hall–Kier alpha value is -2.41. The molecule has 0 radical (unpaired) electrons. The number of hydrogen-bond donors (Lipinski definition) is 1. The van der Waals surface area contributed by atoms with Gasteiger partial charge in [0.25, 0.3) is 0 Å². The first-order valence-corrected chi connectivity index (χ1v) is 9.54. The third kappa shape index (κ3) is 5.07. The van der Waals surface area contributed by atoms with E-state index in [1.165, 1.54) is 0 Å². The highest BCUT2D eigenvalue weighted by Gasteiger charge is 2.27. The van der Waals surface area contributed by atoms with Crippen LogP contribution in [-0.2, 0) is 25.5 Å². The van der Waals surface area contributed by atoms with Gasteiger partial charge in [-0.1, -0.05) is 18.2 Å². The molecule has 0 saturated carbocycles. The summed E-state index contributed by atoms with van der Waals surface area (Å²) in [7, 11) is 0. The van der Waals surface area contributed by atoms with Gasteiger partial charge in [0.2, 0.25) is 11.8 Å². The monoisotopic (exact) mass is 374 g/mol. The molecule has 1 N–H and O–H groups in total. The van der Waals surface area contributed by atoms with Crippen molar-refractivity contribution in [2.75, 3.05) is 31.1 Å². The summed E-state index contributed by atoms with van der Waals surface area (Å²) < 4.78 is 5.59. The van der Waals surface area contributed by atoms with Crippen molar-refractivity contribution in [1.82, 2.24) is 4.90 Å². The Bertz CT molecular complexity index is 699. The summed E-state index contributed by atoms with van der Waals surface area (Å²) in [6.07, 6.45) is 3.07. The second-order valence-corrected chi connectivity index (χ2v) is 7.04. The van der Waals surface area contributed by atoms with Crippen molar-refractivity contribution in [1.29, 1.82) is 0 Å². The Morgan fingerprint density at radius 2 is 2.04 bits per heavy atom. The van der Waals surface area contributed by atoms with E-state index in [-0.39, 0.29) is 37.3 Å². The lowest BCUT2D eigenvalue weighted by atomic mass is 10.0. The van der Waals surface area contributed by atoms with Crippen molar-refractivity contribution in [3.8, 4) is 0 Å². The Balaban J connectivity index is 1.62. The number of ether oxygens (including phenoxy) is 1. The molecule has 2 aliphatic heterocycles. The van der Waals surface area contributed by atoms with Gasteiger partial charge in [0.05, 0.1) is 12.5 Å². The van der Waals surface area contributed by atoms with E-state index < -0.39 is 5.97 Å². The first-order valence-electron chi connectivity index (χ1n) is 9.54. The maximum absolute atomic E-state index is 12.7. The van der Waals surface area contributed by atoms with Gasteiger partial charge >= 0.3 is 5.97 Å². The molecule has 7 heteroatoms. The molecule has 146 valence electrons. The molecular formula is C20H26N2O5. The van der Waals surface area contributed by atoms with Crippen LogP contribution in [0.3, 0.4) is 0 Å². The number of amides is 2. The van der Waals surface area contributed by atoms with Crippen LogP contribution in [0, 0.1) is 0 Å². The predicted molar refractivity (Wildman–Crippen MR) is 99.5 cm³/mol. The minimum Gasteiger partial charge on any atom is -0.481 e. The molecule has 2 amide bonds. The summed E-state index contributed by atoms with van der Waals surface area (Å²) >= 11 is 0. The molecule has 1 aromatic carbocycles. The number of carbonyl (C=O) groups excluding carboxylic acids is 2. The predicted octanol–water partition coefficient (Wildman–Crippen LogP) is 1.84. The molecule has 0 aliphatic carbocycles. The number of para-hydroxylation sites is 1. The Morgan fingerprint density at radius 1 is 1.22 bits per heavy atom. The van der Waals surface area contributed by atoms with E-state index in [0.717, 1.165) is 30.5 Å². The lowest BCUT2D eigenvalue weighted by Gasteiger charge is -2.30. The highest BCUT2D eigenvalue weighted by Crippen LogP contribution is 2.27. The number of fused-ring (bicyclic) bond motifs is 1. The van der Waals surface area contributed by atoms with Crippen LogP contribution in [0.1, 0.15) is 37.7 Å². The number of aliphatic carboxylic acids is 1. The van der Waals surface area contributed by atoms with Gasteiger partial charge in [-0.3, -0.25) is 14.4 Å². The minimum absolute atomic E-state index is 0.0257.